The van der Waals surface area contributed by atoms with E-state index in [0.717, 1.165) is 0 Å². The Hall–Kier alpha value is -1.75. The molecule has 1 amide bonds. The van der Waals surface area contributed by atoms with E-state index in [1.807, 2.05) is 0 Å². The number of rotatable bonds is 6. The third-order valence-corrected chi connectivity index (χ3v) is 2.88. The number of nitrogens with two attached hydrogens (primary N) is 1. The lowest BCUT2D eigenvalue weighted by atomic mass is 10.1. The van der Waals surface area contributed by atoms with Crippen molar-refractivity contribution >= 4 is 29.2 Å². The van der Waals surface area contributed by atoms with E-state index < -0.39 is 17.8 Å². The van der Waals surface area contributed by atoms with Crippen LogP contribution in [0.2, 0.25) is 5.02 Å². The van der Waals surface area contributed by atoms with E-state index in [1.165, 1.54) is 6.07 Å². The van der Waals surface area contributed by atoms with Gasteiger partial charge in [0.15, 0.2) is 0 Å². The molecular weight excluding hydrogens is 256 g/mol. The lowest BCUT2D eigenvalue weighted by molar-refractivity contribution is -0.141. The molecule has 0 aliphatic carbocycles. The third kappa shape index (κ3) is 3.92. The van der Waals surface area contributed by atoms with Crippen molar-refractivity contribution in [2.75, 3.05) is 11.9 Å². The van der Waals surface area contributed by atoms with Crippen LogP contribution in [0.15, 0.2) is 18.2 Å². The second-order valence-corrected chi connectivity index (χ2v) is 4.42. The summed E-state index contributed by atoms with van der Waals surface area (Å²) in [7, 11) is 0. The van der Waals surface area contributed by atoms with Gasteiger partial charge in [-0.05, 0) is 24.6 Å². The second-order valence-electron chi connectivity index (χ2n) is 4.01. The highest BCUT2D eigenvalue weighted by Gasteiger charge is 2.10. The van der Waals surface area contributed by atoms with Crippen molar-refractivity contribution in [1.29, 1.82) is 0 Å². The predicted octanol–water partition coefficient (Wildman–Crippen LogP) is 1.96. The van der Waals surface area contributed by atoms with Crippen molar-refractivity contribution in [3.05, 3.63) is 28.8 Å². The summed E-state index contributed by atoms with van der Waals surface area (Å²) in [5.41, 5.74) is 6.11. The maximum atomic E-state index is 10.9. The largest absolute Gasteiger partial charge is 0.481 e. The van der Waals surface area contributed by atoms with Gasteiger partial charge in [-0.2, -0.15) is 0 Å². The van der Waals surface area contributed by atoms with Crippen LogP contribution < -0.4 is 11.1 Å². The second kappa shape index (κ2) is 6.26. The van der Waals surface area contributed by atoms with Crippen LogP contribution in [0.1, 0.15) is 23.7 Å². The standard InChI is InChI=1S/C12H15ClN2O3/c1-7(12(17)18)4-5-15-10-3-2-8(11(14)16)6-9(10)13/h2-3,6-7,15H,4-5H2,1H3,(H2,14,16)(H,17,18). The Kier molecular flexibility index (Phi) is 4.97. The molecule has 0 aliphatic rings. The van der Waals surface area contributed by atoms with Crippen LogP contribution in [0.3, 0.4) is 0 Å². The monoisotopic (exact) mass is 270 g/mol. The summed E-state index contributed by atoms with van der Waals surface area (Å²) >= 11 is 5.96. The van der Waals surface area contributed by atoms with Gasteiger partial charge < -0.3 is 16.2 Å². The van der Waals surface area contributed by atoms with Crippen molar-refractivity contribution in [3.63, 3.8) is 0 Å². The highest BCUT2D eigenvalue weighted by molar-refractivity contribution is 6.33. The summed E-state index contributed by atoms with van der Waals surface area (Å²) in [5.74, 6) is -1.78. The quantitative estimate of drug-likeness (QED) is 0.737. The molecule has 6 heteroatoms. The Labute approximate surface area is 110 Å². The summed E-state index contributed by atoms with van der Waals surface area (Å²) in [6.07, 6.45) is 0.489. The van der Waals surface area contributed by atoms with Gasteiger partial charge >= 0.3 is 5.97 Å². The van der Waals surface area contributed by atoms with Crippen LogP contribution >= 0.6 is 11.6 Å². The van der Waals surface area contributed by atoms with Crippen LogP contribution in [-0.4, -0.2) is 23.5 Å². The molecule has 18 heavy (non-hydrogen) atoms. The van der Waals surface area contributed by atoms with Gasteiger partial charge in [0.25, 0.3) is 0 Å². The van der Waals surface area contributed by atoms with Gasteiger partial charge in [0.1, 0.15) is 0 Å². The summed E-state index contributed by atoms with van der Waals surface area (Å²) in [6.45, 7) is 2.13. The Morgan fingerprint density at radius 2 is 2.17 bits per heavy atom. The fourth-order valence-corrected chi connectivity index (χ4v) is 1.61. The van der Waals surface area contributed by atoms with Crippen LogP contribution in [0.4, 0.5) is 5.69 Å². The lowest BCUT2D eigenvalue weighted by Crippen LogP contribution is -2.15. The Morgan fingerprint density at radius 3 is 2.67 bits per heavy atom. The zero-order valence-electron chi connectivity index (χ0n) is 9.94. The number of carbonyl (C=O) groups is 2. The van der Waals surface area contributed by atoms with Gasteiger partial charge in [0, 0.05) is 12.1 Å². The number of carbonyl (C=O) groups excluding carboxylic acids is 1. The zero-order chi connectivity index (χ0) is 13.7. The first-order chi connectivity index (χ1) is 8.41. The molecule has 0 bridgehead atoms. The normalized spacial score (nSPS) is 11.9. The number of nitrogens with one attached hydrogen (secondary N) is 1. The van der Waals surface area contributed by atoms with E-state index in [0.29, 0.717) is 29.2 Å². The summed E-state index contributed by atoms with van der Waals surface area (Å²) < 4.78 is 0. The molecule has 0 saturated heterocycles. The maximum Gasteiger partial charge on any atom is 0.306 e. The zero-order valence-corrected chi connectivity index (χ0v) is 10.7. The van der Waals surface area contributed by atoms with Gasteiger partial charge in [-0.25, -0.2) is 0 Å². The molecule has 0 aromatic heterocycles. The highest BCUT2D eigenvalue weighted by Crippen LogP contribution is 2.23. The molecule has 0 spiro atoms. The number of halogens is 1. The number of carboxylic acids is 1. The van der Waals surface area contributed by atoms with E-state index >= 15 is 0 Å². The molecule has 5 nitrogen and oxygen atoms in total. The summed E-state index contributed by atoms with van der Waals surface area (Å²) in [6, 6.07) is 4.69. The molecule has 0 radical (unpaired) electrons. The maximum absolute atomic E-state index is 10.9. The van der Waals surface area contributed by atoms with Crippen LogP contribution in [0, 0.1) is 5.92 Å². The van der Waals surface area contributed by atoms with Crippen molar-refractivity contribution in [1.82, 2.24) is 0 Å². The molecule has 0 aliphatic heterocycles. The van der Waals surface area contributed by atoms with Gasteiger partial charge in [-0.15, -0.1) is 0 Å². The highest BCUT2D eigenvalue weighted by atomic mass is 35.5. The number of aliphatic carboxylic acids is 1. The number of primary amides is 1. The fourth-order valence-electron chi connectivity index (χ4n) is 1.36. The molecule has 1 aromatic carbocycles. The van der Waals surface area contributed by atoms with Crippen molar-refractivity contribution in [2.24, 2.45) is 11.7 Å². The summed E-state index contributed by atoms with van der Waals surface area (Å²) in [4.78, 5) is 21.5. The van der Waals surface area contributed by atoms with E-state index in [-0.39, 0.29) is 0 Å². The Morgan fingerprint density at radius 1 is 1.50 bits per heavy atom. The topological polar surface area (TPSA) is 92.4 Å². The Balaban J connectivity index is 2.58. The van der Waals surface area contributed by atoms with E-state index in [2.05, 4.69) is 5.32 Å². The van der Waals surface area contributed by atoms with Gasteiger partial charge in [-0.1, -0.05) is 18.5 Å². The first-order valence-electron chi connectivity index (χ1n) is 5.48. The van der Waals surface area contributed by atoms with Crippen LogP contribution in [0.25, 0.3) is 0 Å². The fraction of sp³-hybridized carbons (Fsp3) is 0.333. The van der Waals surface area contributed by atoms with Gasteiger partial charge in [-0.3, -0.25) is 9.59 Å². The molecule has 98 valence electrons. The average molecular weight is 271 g/mol. The van der Waals surface area contributed by atoms with Crippen molar-refractivity contribution < 1.29 is 14.7 Å². The smallest absolute Gasteiger partial charge is 0.306 e. The number of anilines is 1. The third-order valence-electron chi connectivity index (χ3n) is 2.57. The SMILES string of the molecule is CC(CCNc1ccc(C(N)=O)cc1Cl)C(=O)O. The number of hydrogen-bond acceptors (Lipinski definition) is 3. The molecule has 4 N–H and O–H groups in total. The first kappa shape index (κ1) is 14.3. The minimum absolute atomic E-state index is 0.337. The summed E-state index contributed by atoms with van der Waals surface area (Å²) in [5, 5.41) is 12.1. The molecule has 1 unspecified atom stereocenters. The predicted molar refractivity (Wildman–Crippen MR) is 69.9 cm³/mol. The van der Waals surface area contributed by atoms with E-state index in [9.17, 15) is 9.59 Å². The Bertz CT molecular complexity index is 463. The van der Waals surface area contributed by atoms with E-state index in [4.69, 9.17) is 22.4 Å². The molecule has 1 atom stereocenters. The number of hydrogen-bond donors (Lipinski definition) is 3. The minimum atomic E-state index is -0.827. The minimum Gasteiger partial charge on any atom is -0.481 e. The lowest BCUT2D eigenvalue weighted by Gasteiger charge is -2.10. The number of amides is 1. The molecule has 0 saturated carbocycles. The van der Waals surface area contributed by atoms with Crippen molar-refractivity contribution in [3.8, 4) is 0 Å². The molecular formula is C12H15ClN2O3. The van der Waals surface area contributed by atoms with Crippen LogP contribution in [-0.2, 0) is 4.79 Å². The molecule has 0 fully saturated rings. The number of benzene rings is 1. The number of carboxylic acid groups (broad SMARTS) is 1. The molecule has 0 heterocycles. The van der Waals surface area contributed by atoms with Crippen molar-refractivity contribution in [2.45, 2.75) is 13.3 Å². The van der Waals surface area contributed by atoms with Gasteiger partial charge in [0.2, 0.25) is 5.91 Å². The van der Waals surface area contributed by atoms with E-state index in [1.54, 1.807) is 19.1 Å². The molecule has 1 aromatic rings. The van der Waals surface area contributed by atoms with Crippen LogP contribution in [0.5, 0.6) is 0 Å². The molecule has 1 rings (SSSR count). The average Bonchev–Trinajstić information content (AvgIpc) is 2.30. The van der Waals surface area contributed by atoms with Gasteiger partial charge in [0.05, 0.1) is 16.6 Å². The first-order valence-corrected chi connectivity index (χ1v) is 5.85.